The number of aliphatic hydroxyl groups is 1. The van der Waals surface area contributed by atoms with Gasteiger partial charge in [0.2, 0.25) is 0 Å². The zero-order valence-corrected chi connectivity index (χ0v) is 20.6. The van der Waals surface area contributed by atoms with Crippen molar-refractivity contribution in [2.24, 2.45) is 0 Å². The van der Waals surface area contributed by atoms with Gasteiger partial charge < -0.3 is 26.6 Å². The van der Waals surface area contributed by atoms with Gasteiger partial charge in [-0.15, -0.1) is 0 Å². The third-order valence-corrected chi connectivity index (χ3v) is 4.68. The summed E-state index contributed by atoms with van der Waals surface area (Å²) in [6.45, 7) is 5.56. The van der Waals surface area contributed by atoms with E-state index in [4.69, 9.17) is 5.11 Å². The van der Waals surface area contributed by atoms with E-state index in [1.165, 1.54) is 109 Å². The van der Waals surface area contributed by atoms with E-state index in [-0.39, 0.29) is 23.6 Å². The van der Waals surface area contributed by atoms with Crippen LogP contribution < -0.4 is 17.0 Å². The Bertz CT molecular complexity index is 229. The summed E-state index contributed by atoms with van der Waals surface area (Å²) >= 11 is 0. The maximum absolute atomic E-state index is 7.57. The van der Waals surface area contributed by atoms with Crippen LogP contribution in [0.5, 0.6) is 0 Å². The highest BCUT2D eigenvalue weighted by Crippen LogP contribution is 2.13. The number of quaternary nitrogens is 1. The van der Waals surface area contributed by atoms with E-state index in [1.54, 1.807) is 6.92 Å². The van der Waals surface area contributed by atoms with Gasteiger partial charge in [0, 0.05) is 6.61 Å². The molecule has 0 aromatic rings. The summed E-state index contributed by atoms with van der Waals surface area (Å²) in [5.74, 6) is 0. The molecule has 162 valence electrons. The van der Waals surface area contributed by atoms with Gasteiger partial charge in [-0.3, -0.25) is 0 Å². The maximum Gasteiger partial charge on any atom is 0.0780 e. The number of halogens is 1. The first kappa shape index (κ1) is 31.1. The highest BCUT2D eigenvalue weighted by molar-refractivity contribution is 4.49. The average molecular weight is 439 g/mol. The highest BCUT2D eigenvalue weighted by Gasteiger charge is 2.04. The van der Waals surface area contributed by atoms with Crippen molar-refractivity contribution >= 4 is 0 Å². The second-order valence-electron chi connectivity index (χ2n) is 8.63. The van der Waals surface area contributed by atoms with Gasteiger partial charge in [-0.25, -0.2) is 0 Å². The summed E-state index contributed by atoms with van der Waals surface area (Å²) < 4.78 is 1.12. The van der Waals surface area contributed by atoms with Crippen LogP contribution >= 0.6 is 0 Å². The second kappa shape index (κ2) is 25.4. The first-order valence-electron chi connectivity index (χ1n) is 11.4. The number of rotatable bonds is 17. The number of aliphatic hydroxyl groups excluding tert-OH is 1. The minimum absolute atomic E-state index is 0. The van der Waals surface area contributed by atoms with Crippen molar-refractivity contribution in [3.8, 4) is 0 Å². The Balaban J connectivity index is -0.00000123. The molecule has 0 fully saturated rings. The third kappa shape index (κ3) is 35.5. The number of unbranched alkanes of at least 4 members (excludes halogenated alkanes) is 15. The van der Waals surface area contributed by atoms with E-state index in [0.29, 0.717) is 0 Å². The molecule has 0 rings (SSSR count). The SMILES string of the molecule is CCCCCCCCCCCCCCCCCC[N+](C)(C)C.CCO.[Br-]. The maximum atomic E-state index is 7.57. The predicted molar refractivity (Wildman–Crippen MR) is 115 cm³/mol. The molecule has 26 heavy (non-hydrogen) atoms. The Hall–Kier alpha value is 0.400. The van der Waals surface area contributed by atoms with E-state index in [2.05, 4.69) is 28.1 Å². The van der Waals surface area contributed by atoms with Gasteiger partial charge in [0.25, 0.3) is 0 Å². The molecule has 0 aliphatic carbocycles. The van der Waals surface area contributed by atoms with Crippen LogP contribution in [0.1, 0.15) is 117 Å². The summed E-state index contributed by atoms with van der Waals surface area (Å²) in [6.07, 6.45) is 23.4. The average Bonchev–Trinajstić information content (AvgIpc) is 2.54. The minimum atomic E-state index is 0. The number of nitrogens with zero attached hydrogens (tertiary/aromatic N) is 1. The fraction of sp³-hybridized carbons (Fsp3) is 1.00. The molecule has 0 aromatic heterocycles. The Morgan fingerprint density at radius 1 is 0.500 bits per heavy atom. The highest BCUT2D eigenvalue weighted by atomic mass is 79.9. The molecule has 0 aromatic carbocycles. The van der Waals surface area contributed by atoms with Crippen molar-refractivity contribution in [3.05, 3.63) is 0 Å². The van der Waals surface area contributed by atoms with Gasteiger partial charge >= 0.3 is 0 Å². The lowest BCUT2D eigenvalue weighted by Crippen LogP contribution is -3.00. The van der Waals surface area contributed by atoms with Crippen LogP contribution in [-0.2, 0) is 0 Å². The Labute approximate surface area is 177 Å². The largest absolute Gasteiger partial charge is 1.00 e. The van der Waals surface area contributed by atoms with Gasteiger partial charge in [-0.05, 0) is 19.8 Å². The fourth-order valence-electron chi connectivity index (χ4n) is 3.13. The van der Waals surface area contributed by atoms with Crippen molar-refractivity contribution in [1.29, 1.82) is 0 Å². The molecule has 0 radical (unpaired) electrons. The topological polar surface area (TPSA) is 20.2 Å². The van der Waals surface area contributed by atoms with E-state index in [1.807, 2.05) is 0 Å². The summed E-state index contributed by atoms with van der Waals surface area (Å²) in [5, 5.41) is 7.57. The lowest BCUT2D eigenvalue weighted by atomic mass is 10.0. The molecule has 2 nitrogen and oxygen atoms in total. The first-order chi connectivity index (χ1) is 12.0. The summed E-state index contributed by atoms with van der Waals surface area (Å²) in [6, 6.07) is 0. The fourth-order valence-corrected chi connectivity index (χ4v) is 3.13. The minimum Gasteiger partial charge on any atom is -1.00 e. The molecular weight excluding hydrogens is 386 g/mol. The molecule has 0 aliphatic rings. The lowest BCUT2D eigenvalue weighted by molar-refractivity contribution is -0.870. The van der Waals surface area contributed by atoms with Crippen molar-refractivity contribution in [3.63, 3.8) is 0 Å². The molecule has 0 spiro atoms. The van der Waals surface area contributed by atoms with Gasteiger partial charge in [0.15, 0.2) is 0 Å². The van der Waals surface area contributed by atoms with Crippen LogP contribution in [0.4, 0.5) is 0 Å². The molecule has 3 heteroatoms. The van der Waals surface area contributed by atoms with Crippen molar-refractivity contribution < 1.29 is 26.6 Å². The van der Waals surface area contributed by atoms with Crippen molar-refractivity contribution in [2.75, 3.05) is 34.3 Å². The standard InChI is InChI=1S/C21H46N.C2H6O.BrH/c1-5-6-7-8-9-10-11-12-13-14-15-16-17-18-19-20-21-22(2,3)4;1-2-3;/h5-21H2,1-4H3;3H,2H2,1H3;1H/q+1;;/p-1. The first-order valence-corrected chi connectivity index (χ1v) is 11.4. The molecule has 0 saturated heterocycles. The third-order valence-electron chi connectivity index (χ3n) is 4.68. The molecule has 1 N–H and O–H groups in total. The van der Waals surface area contributed by atoms with E-state index in [0.717, 1.165) is 4.48 Å². The zero-order valence-electron chi connectivity index (χ0n) is 19.0. The number of hydrogen-bond donors (Lipinski definition) is 1. The normalized spacial score (nSPS) is 10.8. The van der Waals surface area contributed by atoms with Crippen LogP contribution in [0.15, 0.2) is 0 Å². The van der Waals surface area contributed by atoms with Crippen LogP contribution in [0.3, 0.4) is 0 Å². The molecular formula is C23H52BrNO. The molecule has 0 amide bonds. The van der Waals surface area contributed by atoms with Gasteiger partial charge in [0.05, 0.1) is 27.7 Å². The van der Waals surface area contributed by atoms with E-state index >= 15 is 0 Å². The van der Waals surface area contributed by atoms with Crippen molar-refractivity contribution in [2.45, 2.75) is 117 Å². The quantitative estimate of drug-likeness (QED) is 0.269. The molecule has 0 bridgehead atoms. The van der Waals surface area contributed by atoms with Gasteiger partial charge in [-0.2, -0.15) is 0 Å². The monoisotopic (exact) mass is 437 g/mol. The molecule has 0 heterocycles. The van der Waals surface area contributed by atoms with Crippen LogP contribution in [0.2, 0.25) is 0 Å². The summed E-state index contributed by atoms with van der Waals surface area (Å²) in [4.78, 5) is 0. The van der Waals surface area contributed by atoms with E-state index in [9.17, 15) is 0 Å². The predicted octanol–water partition coefficient (Wildman–Crippen LogP) is 3.96. The second-order valence-corrected chi connectivity index (χ2v) is 8.63. The molecule has 0 unspecified atom stereocenters. The Morgan fingerprint density at radius 2 is 0.731 bits per heavy atom. The summed E-state index contributed by atoms with van der Waals surface area (Å²) in [7, 11) is 6.89. The smallest absolute Gasteiger partial charge is 0.0780 e. The molecule has 0 atom stereocenters. The van der Waals surface area contributed by atoms with Crippen LogP contribution in [-0.4, -0.2) is 43.9 Å². The van der Waals surface area contributed by atoms with Crippen LogP contribution in [0, 0.1) is 0 Å². The number of hydrogen-bond acceptors (Lipinski definition) is 1. The van der Waals surface area contributed by atoms with Crippen LogP contribution in [0.25, 0.3) is 0 Å². The lowest BCUT2D eigenvalue weighted by Gasteiger charge is -2.23. The van der Waals surface area contributed by atoms with Gasteiger partial charge in [-0.1, -0.05) is 96.8 Å². The molecule has 0 aliphatic heterocycles. The molecule has 0 saturated carbocycles. The zero-order chi connectivity index (χ0) is 19.2. The summed E-state index contributed by atoms with van der Waals surface area (Å²) in [5.41, 5.74) is 0. The van der Waals surface area contributed by atoms with E-state index < -0.39 is 0 Å². The van der Waals surface area contributed by atoms with Gasteiger partial charge in [0.1, 0.15) is 0 Å². The Kier molecular flexibility index (Phi) is 30.4. The van der Waals surface area contributed by atoms with Crippen molar-refractivity contribution in [1.82, 2.24) is 0 Å². The Morgan fingerprint density at radius 3 is 0.962 bits per heavy atom.